The summed E-state index contributed by atoms with van der Waals surface area (Å²) in [6, 6.07) is 0.365. The molecular weight excluding hydrogens is 211 g/mol. The number of rotatable bonds is 3. The number of nitrogens with one attached hydrogen (secondary N) is 1. The lowest BCUT2D eigenvalue weighted by atomic mass is 10.2. The molecule has 0 aliphatic carbocycles. The van der Waals surface area contributed by atoms with Gasteiger partial charge in [-0.2, -0.15) is 0 Å². The molecule has 1 rings (SSSR count). The number of carbonyl (C=O) groups is 1. The van der Waals surface area contributed by atoms with E-state index in [-0.39, 0.29) is 5.69 Å². The molecule has 2 N–H and O–H groups in total. The van der Waals surface area contributed by atoms with Crippen LogP contribution < -0.4 is 5.32 Å². The van der Waals surface area contributed by atoms with Crippen LogP contribution in [0, 0.1) is 17.5 Å². The van der Waals surface area contributed by atoms with E-state index < -0.39 is 29.5 Å². The van der Waals surface area contributed by atoms with Crippen molar-refractivity contribution in [1.82, 2.24) is 0 Å². The van der Waals surface area contributed by atoms with Crippen LogP contribution in [0.5, 0.6) is 0 Å². The Bertz CT molecular complexity index is 372. The maximum atomic E-state index is 12.7. The average Bonchev–Trinajstić information content (AvgIpc) is 2.13. The number of halogens is 3. The zero-order chi connectivity index (χ0) is 11.6. The van der Waals surface area contributed by atoms with Gasteiger partial charge in [-0.05, 0) is 6.92 Å². The third-order valence-corrected chi connectivity index (χ3v) is 1.74. The molecule has 0 saturated carbocycles. The Kier molecular flexibility index (Phi) is 3.18. The van der Waals surface area contributed by atoms with E-state index in [1.54, 1.807) is 0 Å². The zero-order valence-electron chi connectivity index (χ0n) is 7.72. The first kappa shape index (κ1) is 11.4. The van der Waals surface area contributed by atoms with Crippen molar-refractivity contribution in [3.63, 3.8) is 0 Å². The Morgan fingerprint density at radius 3 is 2.20 bits per heavy atom. The van der Waals surface area contributed by atoms with Crippen molar-refractivity contribution in [2.45, 2.75) is 13.0 Å². The van der Waals surface area contributed by atoms with Gasteiger partial charge in [0.2, 0.25) is 0 Å². The maximum absolute atomic E-state index is 12.7. The molecule has 15 heavy (non-hydrogen) atoms. The van der Waals surface area contributed by atoms with Crippen LogP contribution in [0.25, 0.3) is 0 Å². The summed E-state index contributed by atoms with van der Waals surface area (Å²) >= 11 is 0. The second kappa shape index (κ2) is 4.20. The van der Waals surface area contributed by atoms with Gasteiger partial charge >= 0.3 is 5.97 Å². The molecule has 0 aliphatic heterocycles. The summed E-state index contributed by atoms with van der Waals surface area (Å²) in [5, 5.41) is 10.8. The van der Waals surface area contributed by atoms with Gasteiger partial charge in [0.05, 0.1) is 0 Å². The fourth-order valence-electron chi connectivity index (χ4n) is 0.951. The summed E-state index contributed by atoms with van der Waals surface area (Å²) in [4.78, 5) is 10.4. The zero-order valence-corrected chi connectivity index (χ0v) is 7.72. The number of benzene rings is 1. The third kappa shape index (κ3) is 2.61. The fourth-order valence-corrected chi connectivity index (χ4v) is 0.951. The van der Waals surface area contributed by atoms with Gasteiger partial charge in [-0.15, -0.1) is 0 Å². The Labute approximate surface area is 83.5 Å². The maximum Gasteiger partial charge on any atom is 0.325 e. The van der Waals surface area contributed by atoms with E-state index in [2.05, 4.69) is 5.32 Å². The van der Waals surface area contributed by atoms with Gasteiger partial charge in [0.1, 0.15) is 6.04 Å². The van der Waals surface area contributed by atoms with E-state index in [4.69, 9.17) is 5.11 Å². The smallest absolute Gasteiger partial charge is 0.325 e. The summed E-state index contributed by atoms with van der Waals surface area (Å²) in [5.41, 5.74) is -0.124. The number of anilines is 1. The molecule has 0 aromatic heterocycles. The molecule has 0 heterocycles. The van der Waals surface area contributed by atoms with E-state index in [9.17, 15) is 18.0 Å². The van der Waals surface area contributed by atoms with E-state index >= 15 is 0 Å². The molecule has 82 valence electrons. The molecule has 3 nitrogen and oxygen atoms in total. The molecule has 1 aromatic carbocycles. The van der Waals surface area contributed by atoms with Gasteiger partial charge < -0.3 is 10.4 Å². The highest BCUT2D eigenvalue weighted by atomic mass is 19.2. The van der Waals surface area contributed by atoms with E-state index in [1.807, 2.05) is 0 Å². The second-order valence-corrected chi connectivity index (χ2v) is 2.96. The van der Waals surface area contributed by atoms with Crippen LogP contribution >= 0.6 is 0 Å². The molecule has 6 heteroatoms. The third-order valence-electron chi connectivity index (χ3n) is 1.74. The van der Waals surface area contributed by atoms with Crippen molar-refractivity contribution >= 4 is 11.7 Å². The van der Waals surface area contributed by atoms with Crippen LogP contribution in [0.4, 0.5) is 18.9 Å². The van der Waals surface area contributed by atoms with Crippen molar-refractivity contribution in [3.8, 4) is 0 Å². The molecule has 0 spiro atoms. The van der Waals surface area contributed by atoms with Gasteiger partial charge in [-0.3, -0.25) is 4.79 Å². The molecular formula is C9H8F3NO2. The molecule has 0 amide bonds. The Hall–Kier alpha value is -1.72. The standard InChI is InChI=1S/C9H8F3NO2/c1-4(9(14)15)13-5-2-6(10)8(12)7(11)3-5/h2-4,13H,1H3,(H,14,15)/t4-/m0/s1. The van der Waals surface area contributed by atoms with Crippen LogP contribution in [0.1, 0.15) is 6.92 Å². The van der Waals surface area contributed by atoms with E-state index in [0.717, 1.165) is 0 Å². The molecule has 0 aliphatic rings. The number of carboxylic acids is 1. The quantitative estimate of drug-likeness (QED) is 0.764. The summed E-state index contributed by atoms with van der Waals surface area (Å²) in [7, 11) is 0. The summed E-state index contributed by atoms with van der Waals surface area (Å²) < 4.78 is 37.9. The Morgan fingerprint density at radius 2 is 1.80 bits per heavy atom. The van der Waals surface area contributed by atoms with Crippen molar-refractivity contribution in [2.24, 2.45) is 0 Å². The molecule has 0 unspecified atom stereocenters. The molecule has 0 radical (unpaired) electrons. The molecule has 0 fully saturated rings. The normalized spacial score (nSPS) is 12.3. The fraction of sp³-hybridized carbons (Fsp3) is 0.222. The number of aliphatic carboxylic acids is 1. The topological polar surface area (TPSA) is 49.3 Å². The van der Waals surface area contributed by atoms with Crippen LogP contribution in [-0.4, -0.2) is 17.1 Å². The van der Waals surface area contributed by atoms with Gasteiger partial charge in [-0.1, -0.05) is 0 Å². The minimum Gasteiger partial charge on any atom is -0.480 e. The predicted octanol–water partition coefficient (Wildman–Crippen LogP) is 1.99. The van der Waals surface area contributed by atoms with Crippen LogP contribution in [0.2, 0.25) is 0 Å². The van der Waals surface area contributed by atoms with Crippen molar-refractivity contribution in [2.75, 3.05) is 5.32 Å². The highest BCUT2D eigenvalue weighted by Gasteiger charge is 2.14. The number of hydrogen-bond acceptors (Lipinski definition) is 2. The van der Waals surface area contributed by atoms with Crippen molar-refractivity contribution in [1.29, 1.82) is 0 Å². The molecule has 1 aromatic rings. The summed E-state index contributed by atoms with van der Waals surface area (Å²) in [6.07, 6.45) is 0. The van der Waals surface area contributed by atoms with Gasteiger partial charge in [0.15, 0.2) is 17.5 Å². The van der Waals surface area contributed by atoms with Crippen LogP contribution in [-0.2, 0) is 4.79 Å². The highest BCUT2D eigenvalue weighted by Crippen LogP contribution is 2.17. The molecule has 1 atom stereocenters. The molecule has 0 saturated heterocycles. The van der Waals surface area contributed by atoms with Gasteiger partial charge in [-0.25, -0.2) is 13.2 Å². The summed E-state index contributed by atoms with van der Waals surface area (Å²) in [6.45, 7) is 1.29. The SMILES string of the molecule is C[C@H](Nc1cc(F)c(F)c(F)c1)C(=O)O. The number of carboxylic acid groups (broad SMARTS) is 1. The molecule has 0 bridgehead atoms. The monoisotopic (exact) mass is 219 g/mol. The van der Waals surface area contributed by atoms with Crippen molar-refractivity contribution < 1.29 is 23.1 Å². The first-order valence-corrected chi connectivity index (χ1v) is 4.05. The van der Waals surface area contributed by atoms with Crippen LogP contribution in [0.3, 0.4) is 0 Å². The lowest BCUT2D eigenvalue weighted by Crippen LogP contribution is -2.25. The lowest BCUT2D eigenvalue weighted by Gasteiger charge is -2.10. The van der Waals surface area contributed by atoms with E-state index in [0.29, 0.717) is 12.1 Å². The number of hydrogen-bond donors (Lipinski definition) is 2. The minimum absolute atomic E-state index is 0.124. The lowest BCUT2D eigenvalue weighted by molar-refractivity contribution is -0.137. The van der Waals surface area contributed by atoms with E-state index in [1.165, 1.54) is 6.92 Å². The minimum atomic E-state index is -1.58. The first-order chi connectivity index (χ1) is 6.91. The van der Waals surface area contributed by atoms with Gasteiger partial charge in [0, 0.05) is 17.8 Å². The predicted molar refractivity (Wildman–Crippen MR) is 47.0 cm³/mol. The average molecular weight is 219 g/mol. The summed E-state index contributed by atoms with van der Waals surface area (Å²) in [5.74, 6) is -5.49. The van der Waals surface area contributed by atoms with Crippen LogP contribution in [0.15, 0.2) is 12.1 Å². The second-order valence-electron chi connectivity index (χ2n) is 2.96. The Balaban J connectivity index is 2.92. The highest BCUT2D eigenvalue weighted by molar-refractivity contribution is 5.76. The Morgan fingerprint density at radius 1 is 1.33 bits per heavy atom. The van der Waals surface area contributed by atoms with Crippen molar-refractivity contribution in [3.05, 3.63) is 29.6 Å². The first-order valence-electron chi connectivity index (χ1n) is 4.05. The largest absolute Gasteiger partial charge is 0.480 e. The van der Waals surface area contributed by atoms with Gasteiger partial charge in [0.25, 0.3) is 0 Å².